The number of esters is 1. The number of quaternary nitrogens is 1. The number of carbonyl (C=O) groups excluding carboxylic acids is 2. The molecule has 3 aromatic rings. The largest absolute Gasteiger partial charge is 1.00 e. The van der Waals surface area contributed by atoms with Crippen LogP contribution in [-0.2, 0) is 16.0 Å². The summed E-state index contributed by atoms with van der Waals surface area (Å²) in [5, 5.41) is 0. The highest BCUT2D eigenvalue weighted by molar-refractivity contribution is 6.00. The number of unbranched alkanes of at least 4 members (excludes halogenated alkanes) is 5. The number of ether oxygens (including phenoxy) is 3. The number of rotatable bonds is 15. The van der Waals surface area contributed by atoms with Gasteiger partial charge >= 0.3 is 5.97 Å². The van der Waals surface area contributed by atoms with Crippen molar-refractivity contribution in [3.05, 3.63) is 95.6 Å². The van der Waals surface area contributed by atoms with Gasteiger partial charge in [0.25, 0.3) is 0 Å². The normalized spacial score (nSPS) is 15.1. The number of nitrogens with zero attached hydrogens (tertiary/aromatic N) is 1. The summed E-state index contributed by atoms with van der Waals surface area (Å²) in [7, 11) is 6.12. The molecule has 2 unspecified atom stereocenters. The second kappa shape index (κ2) is 16.7. The summed E-state index contributed by atoms with van der Waals surface area (Å²) in [6, 6.07) is 25.3. The number of benzene rings is 3. The van der Waals surface area contributed by atoms with Gasteiger partial charge < -0.3 is 42.7 Å². The third-order valence-corrected chi connectivity index (χ3v) is 7.59. The summed E-state index contributed by atoms with van der Waals surface area (Å²) >= 11 is 0. The maximum absolute atomic E-state index is 12.8. The molecule has 0 saturated heterocycles. The molecule has 226 valence electrons. The maximum Gasteiger partial charge on any atom is 0.365 e. The van der Waals surface area contributed by atoms with Crippen molar-refractivity contribution in [1.82, 2.24) is 0 Å². The van der Waals surface area contributed by atoms with Crippen molar-refractivity contribution >= 4 is 11.8 Å². The molecule has 0 spiro atoms. The molecule has 0 radical (unpaired) electrons. The second-order valence-corrected chi connectivity index (χ2v) is 11.8. The maximum atomic E-state index is 12.8. The average Bonchev–Trinajstić information content (AvgIpc) is 2.97. The predicted molar refractivity (Wildman–Crippen MR) is 161 cm³/mol. The van der Waals surface area contributed by atoms with Crippen molar-refractivity contribution in [2.75, 3.05) is 34.4 Å². The number of fused-ring (bicyclic) bond motifs is 1. The van der Waals surface area contributed by atoms with Crippen LogP contribution in [0.5, 0.6) is 11.5 Å². The molecule has 3 aromatic carbocycles. The molecule has 0 saturated carbocycles. The molecule has 0 fully saturated rings. The van der Waals surface area contributed by atoms with Gasteiger partial charge in [-0.2, -0.15) is 0 Å². The number of likely N-dealkylation sites (N-methyl/N-ethyl adjacent to an activating group) is 1. The van der Waals surface area contributed by atoms with Gasteiger partial charge in [-0.3, -0.25) is 4.79 Å². The van der Waals surface area contributed by atoms with Crippen molar-refractivity contribution < 1.29 is 52.3 Å². The number of ketones is 1. The molecule has 0 amide bonds. The zero-order valence-corrected chi connectivity index (χ0v) is 27.3. The Bertz CT molecular complexity index is 1260. The van der Waals surface area contributed by atoms with Crippen molar-refractivity contribution in [2.24, 2.45) is 0 Å². The van der Waals surface area contributed by atoms with E-state index in [1.165, 1.54) is 0 Å². The van der Waals surface area contributed by atoms with Crippen molar-refractivity contribution in [3.8, 4) is 11.5 Å². The summed E-state index contributed by atoms with van der Waals surface area (Å²) in [5.74, 6) is 1.29. The molecule has 0 aromatic heterocycles. The van der Waals surface area contributed by atoms with Crippen LogP contribution < -0.4 is 33.5 Å². The topological polar surface area (TPSA) is 61.8 Å². The Morgan fingerprint density at radius 1 is 0.857 bits per heavy atom. The van der Waals surface area contributed by atoms with Crippen LogP contribution in [0.3, 0.4) is 0 Å². The molecular formula is C35H44INO5. The van der Waals surface area contributed by atoms with Crippen LogP contribution >= 0.6 is 0 Å². The summed E-state index contributed by atoms with van der Waals surface area (Å²) in [6.07, 6.45) is 6.95. The molecular weight excluding hydrogens is 641 g/mol. The smallest absolute Gasteiger partial charge is 0.365 e. The van der Waals surface area contributed by atoms with Gasteiger partial charge in [0.15, 0.2) is 11.8 Å². The monoisotopic (exact) mass is 685 g/mol. The van der Waals surface area contributed by atoms with Gasteiger partial charge in [0.2, 0.25) is 0 Å². The van der Waals surface area contributed by atoms with Gasteiger partial charge in [-0.25, -0.2) is 4.79 Å². The van der Waals surface area contributed by atoms with Crippen LogP contribution in [0.2, 0.25) is 0 Å². The minimum absolute atomic E-state index is 0. The van der Waals surface area contributed by atoms with Crippen LogP contribution in [0.25, 0.3) is 0 Å². The Balaban J connectivity index is 0.00000484. The molecule has 0 bridgehead atoms. The van der Waals surface area contributed by atoms with Gasteiger partial charge in [-0.05, 0) is 42.2 Å². The number of halogens is 1. The molecule has 0 N–H and O–H groups in total. The first-order chi connectivity index (χ1) is 19.8. The van der Waals surface area contributed by atoms with E-state index in [1.54, 1.807) is 0 Å². The van der Waals surface area contributed by atoms with Crippen LogP contribution in [-0.4, -0.2) is 56.6 Å². The zero-order valence-electron chi connectivity index (χ0n) is 25.1. The Kier molecular flexibility index (Phi) is 13.3. The van der Waals surface area contributed by atoms with E-state index in [2.05, 4.69) is 12.1 Å². The van der Waals surface area contributed by atoms with Crippen molar-refractivity contribution in [2.45, 2.75) is 63.5 Å². The van der Waals surface area contributed by atoms with Gasteiger partial charge in [-0.15, -0.1) is 0 Å². The molecule has 4 rings (SSSR count). The van der Waals surface area contributed by atoms with Crippen LogP contribution in [0, 0.1) is 0 Å². The van der Waals surface area contributed by atoms with Gasteiger partial charge in [0.05, 0.1) is 46.3 Å². The van der Waals surface area contributed by atoms with Crippen LogP contribution in [0.4, 0.5) is 0 Å². The van der Waals surface area contributed by atoms with Crippen molar-refractivity contribution in [1.29, 1.82) is 0 Å². The Morgan fingerprint density at radius 2 is 1.48 bits per heavy atom. The van der Waals surface area contributed by atoms with Gasteiger partial charge in [0.1, 0.15) is 17.6 Å². The minimum atomic E-state index is -0.241. The SMILES string of the molecule is C[N+](C)(C)C(Cc1ccccc1)C(=O)OCCCCCCCCOc1ccc2c(c1)C(=O)CC(c1ccccc1)O2.[I-]. The standard InChI is InChI=1S/C35H44NO5.HI/c1-36(2,3)31(24-27-16-10-8-11-17-27)35(38)40-23-15-7-5-4-6-14-22-39-29-20-21-33-30(25-29)32(37)26-34(41-33)28-18-12-9-13-19-28;/h8-13,16-21,25,31,34H,4-7,14-15,22-24,26H2,1-3H3;1H/q+1;/p-1. The highest BCUT2D eigenvalue weighted by Crippen LogP contribution is 2.36. The first kappa shape index (κ1) is 33.6. The minimum Gasteiger partial charge on any atom is -1.00 e. The zero-order chi connectivity index (χ0) is 29.1. The lowest BCUT2D eigenvalue weighted by atomic mass is 9.96. The molecule has 2 atom stereocenters. The van der Waals surface area contributed by atoms with Gasteiger partial charge in [0, 0.05) is 6.42 Å². The fourth-order valence-electron chi connectivity index (χ4n) is 5.13. The van der Waals surface area contributed by atoms with E-state index in [9.17, 15) is 9.59 Å². The first-order valence-electron chi connectivity index (χ1n) is 14.8. The summed E-state index contributed by atoms with van der Waals surface area (Å²) < 4.78 is 18.2. The molecule has 42 heavy (non-hydrogen) atoms. The quantitative estimate of drug-likeness (QED) is 0.105. The van der Waals surface area contributed by atoms with E-state index in [0.29, 0.717) is 47.6 Å². The van der Waals surface area contributed by atoms with Crippen LogP contribution in [0.1, 0.15) is 72.5 Å². The van der Waals surface area contributed by atoms with Crippen molar-refractivity contribution in [3.63, 3.8) is 0 Å². The highest BCUT2D eigenvalue weighted by Gasteiger charge is 2.33. The molecule has 1 aliphatic heterocycles. The number of carbonyl (C=O) groups is 2. The second-order valence-electron chi connectivity index (χ2n) is 11.8. The highest BCUT2D eigenvalue weighted by atomic mass is 127. The first-order valence-corrected chi connectivity index (χ1v) is 14.8. The fraction of sp³-hybridized carbons (Fsp3) is 0.429. The van der Waals surface area contributed by atoms with E-state index in [-0.39, 0.29) is 47.9 Å². The number of Topliss-reactive ketones (excluding diaryl/α,β-unsaturated/α-hetero) is 1. The fourth-order valence-corrected chi connectivity index (χ4v) is 5.13. The Hall–Kier alpha value is -2.91. The average molecular weight is 686 g/mol. The van der Waals surface area contributed by atoms with E-state index in [4.69, 9.17) is 14.2 Å². The summed E-state index contributed by atoms with van der Waals surface area (Å²) in [5.41, 5.74) is 2.76. The number of hydrogen-bond acceptors (Lipinski definition) is 5. The van der Waals surface area contributed by atoms with Crippen LogP contribution in [0.15, 0.2) is 78.9 Å². The molecule has 1 heterocycles. The van der Waals surface area contributed by atoms with E-state index in [1.807, 2.05) is 87.9 Å². The summed E-state index contributed by atoms with van der Waals surface area (Å²) in [6.45, 7) is 1.09. The third kappa shape index (κ3) is 10.1. The molecule has 0 aliphatic carbocycles. The van der Waals surface area contributed by atoms with E-state index in [0.717, 1.165) is 49.7 Å². The lowest BCUT2D eigenvalue weighted by Gasteiger charge is -2.32. The van der Waals surface area contributed by atoms with E-state index >= 15 is 0 Å². The van der Waals surface area contributed by atoms with Gasteiger partial charge in [-0.1, -0.05) is 86.3 Å². The molecule has 6 nitrogen and oxygen atoms in total. The predicted octanol–water partition coefficient (Wildman–Crippen LogP) is 3.98. The number of hydrogen-bond donors (Lipinski definition) is 0. The lowest BCUT2D eigenvalue weighted by molar-refractivity contribution is -0.887. The Morgan fingerprint density at radius 3 is 2.14 bits per heavy atom. The molecule has 7 heteroatoms. The molecule has 1 aliphatic rings. The van der Waals surface area contributed by atoms with E-state index < -0.39 is 0 Å². The lowest BCUT2D eigenvalue weighted by Crippen LogP contribution is -3.00. The summed E-state index contributed by atoms with van der Waals surface area (Å²) in [4.78, 5) is 25.6. The third-order valence-electron chi connectivity index (χ3n) is 7.59. The Labute approximate surface area is 268 Å².